The van der Waals surface area contributed by atoms with Crippen molar-refractivity contribution in [1.82, 2.24) is 0 Å². The van der Waals surface area contributed by atoms with Gasteiger partial charge in [-0.3, -0.25) is 0 Å². The van der Waals surface area contributed by atoms with Gasteiger partial charge in [-0.05, 0) is 39.0 Å². The van der Waals surface area contributed by atoms with E-state index >= 15 is 0 Å². The van der Waals surface area contributed by atoms with Crippen LogP contribution in [0.1, 0.15) is 39.5 Å². The van der Waals surface area contributed by atoms with Crippen molar-refractivity contribution in [3.63, 3.8) is 0 Å². The number of alkyl halides is 1. The summed E-state index contributed by atoms with van der Waals surface area (Å²) in [5.41, 5.74) is -0.0330. The van der Waals surface area contributed by atoms with Crippen molar-refractivity contribution < 1.29 is 9.78 Å². The first-order valence-corrected chi connectivity index (χ1v) is 6.53. The van der Waals surface area contributed by atoms with Crippen LogP contribution >= 0.6 is 22.6 Å². The highest BCUT2D eigenvalue weighted by atomic mass is 127. The molecule has 0 N–H and O–H groups in total. The van der Waals surface area contributed by atoms with Crippen LogP contribution in [0.3, 0.4) is 0 Å². The van der Waals surface area contributed by atoms with Gasteiger partial charge in [-0.2, -0.15) is 0 Å². The molecule has 2 unspecified atom stereocenters. The highest BCUT2D eigenvalue weighted by Gasteiger charge is 2.49. The molecule has 0 amide bonds. The summed E-state index contributed by atoms with van der Waals surface area (Å²) in [6.45, 7) is 4.35. The maximum Gasteiger partial charge on any atom is 0.113 e. The van der Waals surface area contributed by atoms with E-state index in [0.29, 0.717) is 5.92 Å². The SMILES string of the molecule is CC12CCC[C@@H](C1)C(C)(CI)OO2. The lowest BCUT2D eigenvalue weighted by Gasteiger charge is -2.49. The molecule has 0 spiro atoms. The van der Waals surface area contributed by atoms with Gasteiger partial charge in [0, 0.05) is 4.43 Å². The Bertz CT molecular complexity index is 209. The van der Waals surface area contributed by atoms with Gasteiger partial charge in [-0.25, -0.2) is 9.78 Å². The summed E-state index contributed by atoms with van der Waals surface area (Å²) in [4.78, 5) is 11.1. The summed E-state index contributed by atoms with van der Waals surface area (Å²) in [7, 11) is 0. The number of rotatable bonds is 1. The molecule has 3 heteroatoms. The second-order valence-electron chi connectivity index (χ2n) is 4.86. The maximum atomic E-state index is 5.58. The first-order valence-electron chi connectivity index (χ1n) is 5.01. The van der Waals surface area contributed by atoms with Gasteiger partial charge in [0.1, 0.15) is 11.2 Å². The van der Waals surface area contributed by atoms with Crippen LogP contribution in [0, 0.1) is 5.92 Å². The Labute approximate surface area is 93.4 Å². The Kier molecular flexibility index (Phi) is 2.62. The van der Waals surface area contributed by atoms with Gasteiger partial charge in [-0.15, -0.1) is 0 Å². The van der Waals surface area contributed by atoms with E-state index in [2.05, 4.69) is 36.4 Å². The number of fused-ring (bicyclic) bond motifs is 2. The summed E-state index contributed by atoms with van der Waals surface area (Å²) in [5, 5.41) is 0. The lowest BCUT2D eigenvalue weighted by Crippen LogP contribution is -2.53. The van der Waals surface area contributed by atoms with E-state index in [1.807, 2.05) is 0 Å². The molecule has 2 aliphatic rings. The predicted octanol–water partition coefficient (Wildman–Crippen LogP) is 3.09. The molecule has 0 aromatic carbocycles. The van der Waals surface area contributed by atoms with E-state index in [1.165, 1.54) is 19.3 Å². The van der Waals surface area contributed by atoms with Crippen molar-refractivity contribution >= 4 is 22.6 Å². The van der Waals surface area contributed by atoms with Crippen molar-refractivity contribution in [2.45, 2.75) is 50.7 Å². The van der Waals surface area contributed by atoms with E-state index in [-0.39, 0.29) is 11.2 Å². The summed E-state index contributed by atoms with van der Waals surface area (Å²) in [5.74, 6) is 0.692. The third-order valence-corrected chi connectivity index (χ3v) is 5.01. The van der Waals surface area contributed by atoms with Gasteiger partial charge >= 0.3 is 0 Å². The number of hydrogen-bond acceptors (Lipinski definition) is 2. The molecular weight excluding hydrogens is 279 g/mol. The average Bonchev–Trinajstić information content (AvgIpc) is 2.13. The number of halogens is 1. The fraction of sp³-hybridized carbons (Fsp3) is 1.00. The minimum absolute atomic E-state index is 0.00817. The third-order valence-electron chi connectivity index (χ3n) is 3.50. The summed E-state index contributed by atoms with van der Waals surface area (Å²) < 4.78 is 1.02. The molecule has 0 radical (unpaired) electrons. The molecule has 2 nitrogen and oxygen atoms in total. The second kappa shape index (κ2) is 3.35. The van der Waals surface area contributed by atoms with Gasteiger partial charge in [0.05, 0.1) is 0 Å². The van der Waals surface area contributed by atoms with Crippen molar-refractivity contribution in [1.29, 1.82) is 0 Å². The zero-order chi connectivity index (χ0) is 9.53. The third kappa shape index (κ3) is 1.75. The Hall–Kier alpha value is 0.650. The first-order chi connectivity index (χ1) is 6.08. The Balaban J connectivity index is 2.15. The topological polar surface area (TPSA) is 18.5 Å². The molecule has 1 saturated heterocycles. The minimum atomic E-state index is -0.0412. The highest BCUT2D eigenvalue weighted by molar-refractivity contribution is 14.1. The minimum Gasteiger partial charge on any atom is -0.230 e. The predicted molar refractivity (Wildman–Crippen MR) is 59.8 cm³/mol. The molecule has 1 heterocycles. The molecular formula is C10H17IO2. The molecule has 2 rings (SSSR count). The largest absolute Gasteiger partial charge is 0.230 e. The van der Waals surface area contributed by atoms with Gasteiger partial charge in [0.2, 0.25) is 0 Å². The zero-order valence-corrected chi connectivity index (χ0v) is 10.5. The van der Waals surface area contributed by atoms with Crippen LogP contribution in [0.2, 0.25) is 0 Å². The van der Waals surface area contributed by atoms with Crippen molar-refractivity contribution in [3.05, 3.63) is 0 Å². The number of hydrogen-bond donors (Lipinski definition) is 0. The van der Waals surface area contributed by atoms with E-state index in [4.69, 9.17) is 9.78 Å². The lowest BCUT2D eigenvalue weighted by molar-refractivity contribution is -0.449. The van der Waals surface area contributed by atoms with Gasteiger partial charge in [0.25, 0.3) is 0 Å². The standard InChI is InChI=1S/C10H17IO2/c1-9-5-3-4-8(6-9)10(2,7-11)13-12-9/h8H,3-7H2,1-2H3/t8-,9?,10?/m0/s1. The maximum absolute atomic E-state index is 5.58. The second-order valence-corrected chi connectivity index (χ2v) is 5.62. The zero-order valence-electron chi connectivity index (χ0n) is 8.31. The van der Waals surface area contributed by atoms with Gasteiger partial charge in [-0.1, -0.05) is 29.0 Å². The van der Waals surface area contributed by atoms with Crippen LogP contribution in [0.5, 0.6) is 0 Å². The van der Waals surface area contributed by atoms with Crippen LogP contribution < -0.4 is 0 Å². The van der Waals surface area contributed by atoms with Crippen LogP contribution in [0.25, 0.3) is 0 Å². The van der Waals surface area contributed by atoms with E-state index < -0.39 is 0 Å². The molecule has 0 aromatic rings. The molecule has 1 aliphatic carbocycles. The molecule has 13 heavy (non-hydrogen) atoms. The molecule has 3 atom stereocenters. The fourth-order valence-electron chi connectivity index (χ4n) is 2.44. The molecule has 2 fully saturated rings. The van der Waals surface area contributed by atoms with Crippen LogP contribution in [-0.2, 0) is 9.78 Å². The lowest BCUT2D eigenvalue weighted by atomic mass is 9.72. The summed E-state index contributed by atoms with van der Waals surface area (Å²) >= 11 is 2.39. The van der Waals surface area contributed by atoms with Crippen LogP contribution in [-0.4, -0.2) is 15.6 Å². The quantitative estimate of drug-likeness (QED) is 0.420. The summed E-state index contributed by atoms with van der Waals surface area (Å²) in [6, 6.07) is 0. The van der Waals surface area contributed by atoms with Gasteiger partial charge in [0.15, 0.2) is 0 Å². The van der Waals surface area contributed by atoms with Crippen LogP contribution in [0.15, 0.2) is 0 Å². The first kappa shape index (κ1) is 10.2. The summed E-state index contributed by atoms with van der Waals surface area (Å²) in [6.07, 6.45) is 4.92. The Morgan fingerprint density at radius 1 is 1.38 bits per heavy atom. The normalized spacial score (nSPS) is 50.5. The monoisotopic (exact) mass is 296 g/mol. The van der Waals surface area contributed by atoms with E-state index in [1.54, 1.807) is 0 Å². The molecule has 1 saturated carbocycles. The van der Waals surface area contributed by atoms with E-state index in [0.717, 1.165) is 10.8 Å². The fourth-order valence-corrected chi connectivity index (χ4v) is 3.19. The molecule has 2 bridgehead atoms. The van der Waals surface area contributed by atoms with Gasteiger partial charge < -0.3 is 0 Å². The molecule has 1 aliphatic heterocycles. The average molecular weight is 296 g/mol. The smallest absolute Gasteiger partial charge is 0.113 e. The molecule has 0 aromatic heterocycles. The van der Waals surface area contributed by atoms with E-state index in [9.17, 15) is 0 Å². The Morgan fingerprint density at radius 3 is 2.85 bits per heavy atom. The van der Waals surface area contributed by atoms with Crippen molar-refractivity contribution in [2.24, 2.45) is 5.92 Å². The molecule has 76 valence electrons. The highest BCUT2D eigenvalue weighted by Crippen LogP contribution is 2.47. The Morgan fingerprint density at radius 2 is 2.15 bits per heavy atom. The van der Waals surface area contributed by atoms with Crippen molar-refractivity contribution in [2.75, 3.05) is 4.43 Å². The van der Waals surface area contributed by atoms with Crippen LogP contribution in [0.4, 0.5) is 0 Å². The van der Waals surface area contributed by atoms with Crippen molar-refractivity contribution in [3.8, 4) is 0 Å².